The number of rotatable bonds is 3. The molecule has 4 atom stereocenters. The number of hydrogen-bond donors (Lipinski definition) is 1. The first kappa shape index (κ1) is 17.4. The van der Waals surface area contributed by atoms with Gasteiger partial charge in [0, 0.05) is 16.7 Å². The molecular weight excluding hydrogens is 336 g/mol. The van der Waals surface area contributed by atoms with Gasteiger partial charge in [0.25, 0.3) is 0 Å². The summed E-state index contributed by atoms with van der Waals surface area (Å²) >= 11 is 1.42. The third kappa shape index (κ3) is 1.93. The van der Waals surface area contributed by atoms with Crippen molar-refractivity contribution in [3.63, 3.8) is 0 Å². The van der Waals surface area contributed by atoms with Crippen LogP contribution >= 0.6 is 11.3 Å². The molecule has 0 spiro atoms. The van der Waals surface area contributed by atoms with Crippen LogP contribution in [0.2, 0.25) is 0 Å². The molecule has 0 aliphatic carbocycles. The van der Waals surface area contributed by atoms with Crippen LogP contribution in [0, 0.1) is 63.1 Å². The first-order valence-corrected chi connectivity index (χ1v) is 8.92. The maximum Gasteiger partial charge on any atom is 0.214 e. The minimum atomic E-state index is -1.84. The Hall–Kier alpha value is -2.40. The largest absolute Gasteiger partial charge is 0.448 e. The predicted octanol–water partition coefficient (Wildman–Crippen LogP) is 3.81. The van der Waals surface area contributed by atoms with E-state index in [1.54, 1.807) is 6.92 Å². The van der Waals surface area contributed by atoms with Crippen molar-refractivity contribution in [2.75, 3.05) is 0 Å². The zero-order chi connectivity index (χ0) is 18.5. The van der Waals surface area contributed by atoms with Gasteiger partial charge < -0.3 is 9.47 Å². The van der Waals surface area contributed by atoms with Gasteiger partial charge in [0.2, 0.25) is 17.1 Å². The summed E-state index contributed by atoms with van der Waals surface area (Å²) in [5.41, 5.74) is -3.49. The quantitative estimate of drug-likeness (QED) is 0.886. The second-order valence-corrected chi connectivity index (χ2v) is 8.01. The normalized spacial score (nSPS) is 35.3. The molecule has 1 aromatic rings. The van der Waals surface area contributed by atoms with Crippen molar-refractivity contribution in [1.29, 1.82) is 21.2 Å². The Bertz CT molecular complexity index is 844. The minimum Gasteiger partial charge on any atom is -0.448 e. The van der Waals surface area contributed by atoms with Gasteiger partial charge in [-0.05, 0) is 25.5 Å². The van der Waals surface area contributed by atoms with Gasteiger partial charge in [-0.25, -0.2) is 0 Å². The Morgan fingerprint density at radius 3 is 2.40 bits per heavy atom. The third-order valence-electron chi connectivity index (χ3n) is 5.31. The fourth-order valence-electron chi connectivity index (χ4n) is 4.16. The van der Waals surface area contributed by atoms with Gasteiger partial charge in [-0.15, -0.1) is 11.3 Å². The number of fused-ring (bicyclic) bond motifs is 2. The lowest BCUT2D eigenvalue weighted by atomic mass is 9.53. The molecule has 1 N–H and O–H groups in total. The minimum absolute atomic E-state index is 0.338. The Kier molecular flexibility index (Phi) is 3.88. The summed E-state index contributed by atoms with van der Waals surface area (Å²) in [4.78, 5) is 1.71. The van der Waals surface area contributed by atoms with E-state index in [1.807, 2.05) is 26.0 Å². The maximum absolute atomic E-state index is 10.1. The lowest BCUT2D eigenvalue weighted by Crippen LogP contribution is -2.58. The molecule has 3 rings (SSSR count). The average Bonchev–Trinajstić information content (AvgIpc) is 3.08. The number of thiophene rings is 1. The van der Waals surface area contributed by atoms with Crippen LogP contribution in [0.5, 0.6) is 0 Å². The van der Waals surface area contributed by atoms with Crippen LogP contribution < -0.4 is 0 Å². The highest BCUT2D eigenvalue weighted by Crippen LogP contribution is 2.67. The van der Waals surface area contributed by atoms with Crippen molar-refractivity contribution in [2.45, 2.75) is 45.5 Å². The lowest BCUT2D eigenvalue weighted by molar-refractivity contribution is -0.273. The zero-order valence-electron chi connectivity index (χ0n) is 14.3. The molecular formula is C18H18N4O2S. The highest BCUT2D eigenvalue weighted by Gasteiger charge is 2.79. The van der Waals surface area contributed by atoms with Gasteiger partial charge in [-0.3, -0.25) is 5.41 Å². The molecule has 4 unspecified atom stereocenters. The summed E-state index contributed by atoms with van der Waals surface area (Å²) in [7, 11) is 0. The molecule has 25 heavy (non-hydrogen) atoms. The number of ether oxygens (including phenoxy) is 2. The number of nitrogens with one attached hydrogen (secondary N) is 1. The number of nitrogens with zero attached hydrogens (tertiary/aromatic N) is 3. The SMILES string of the molecule is CCCC1C2(C)OC(=N)C1(C#N)C(C#N)(C#N)C(c1ccc(C)s1)O2. The van der Waals surface area contributed by atoms with Gasteiger partial charge in [0.1, 0.15) is 6.10 Å². The van der Waals surface area contributed by atoms with E-state index in [-0.39, 0.29) is 5.90 Å². The second-order valence-electron chi connectivity index (χ2n) is 6.69. The smallest absolute Gasteiger partial charge is 0.214 e. The van der Waals surface area contributed by atoms with Crippen molar-refractivity contribution >= 4 is 17.2 Å². The van der Waals surface area contributed by atoms with E-state index in [2.05, 4.69) is 18.2 Å². The molecule has 0 saturated carbocycles. The standard InChI is InChI=1S/C18H18N4O2S/c1-4-5-13-16(3)23-14(12-7-6-11(2)25-12)17(8-19,9-20)18(13,10-21)15(22)24-16/h6-7,13-14,22H,4-5H2,1-3H3. The molecule has 1 aromatic heterocycles. The average molecular weight is 354 g/mol. The summed E-state index contributed by atoms with van der Waals surface area (Å²) in [5.74, 6) is -2.10. The molecule has 2 fully saturated rings. The van der Waals surface area contributed by atoms with Gasteiger partial charge >= 0.3 is 0 Å². The van der Waals surface area contributed by atoms with Gasteiger partial charge in [-0.2, -0.15) is 15.8 Å². The summed E-state index contributed by atoms with van der Waals surface area (Å²) in [6.45, 7) is 5.58. The molecule has 7 heteroatoms. The monoisotopic (exact) mass is 354 g/mol. The first-order chi connectivity index (χ1) is 11.8. The van der Waals surface area contributed by atoms with Crippen molar-refractivity contribution < 1.29 is 9.47 Å². The molecule has 2 saturated heterocycles. The van der Waals surface area contributed by atoms with Crippen LogP contribution in [0.4, 0.5) is 0 Å². The molecule has 0 radical (unpaired) electrons. The fourth-order valence-corrected chi connectivity index (χ4v) is 5.14. The third-order valence-corrected chi connectivity index (χ3v) is 6.36. The summed E-state index contributed by atoms with van der Waals surface area (Å²) in [5, 5.41) is 38.5. The van der Waals surface area contributed by atoms with Gasteiger partial charge in [0.15, 0.2) is 5.41 Å². The predicted molar refractivity (Wildman–Crippen MR) is 90.2 cm³/mol. The van der Waals surface area contributed by atoms with Gasteiger partial charge in [0.05, 0.1) is 24.1 Å². The highest BCUT2D eigenvalue weighted by atomic mass is 32.1. The van der Waals surface area contributed by atoms with E-state index in [0.29, 0.717) is 11.3 Å². The van der Waals surface area contributed by atoms with Crippen molar-refractivity contribution in [1.82, 2.24) is 0 Å². The number of hydrogen-bond acceptors (Lipinski definition) is 7. The number of nitriles is 3. The van der Waals surface area contributed by atoms with E-state index in [9.17, 15) is 15.8 Å². The van der Waals surface area contributed by atoms with Crippen LogP contribution in [0.1, 0.15) is 42.5 Å². The van der Waals surface area contributed by atoms with Crippen molar-refractivity contribution in [3.8, 4) is 18.2 Å². The Labute approximate surface area is 150 Å². The lowest BCUT2D eigenvalue weighted by Gasteiger charge is -2.48. The maximum atomic E-state index is 10.1. The number of aryl methyl sites for hydroxylation is 1. The Morgan fingerprint density at radius 1 is 1.24 bits per heavy atom. The fraction of sp³-hybridized carbons (Fsp3) is 0.556. The van der Waals surface area contributed by atoms with E-state index in [0.717, 1.165) is 11.3 Å². The summed E-state index contributed by atoms with van der Waals surface area (Å²) in [6, 6.07) is 9.96. The summed E-state index contributed by atoms with van der Waals surface area (Å²) in [6.07, 6.45) is 0.300. The van der Waals surface area contributed by atoms with E-state index in [4.69, 9.17) is 14.9 Å². The van der Waals surface area contributed by atoms with Crippen LogP contribution in [0.25, 0.3) is 0 Å². The van der Waals surface area contributed by atoms with Crippen LogP contribution in [0.3, 0.4) is 0 Å². The molecule has 128 valence electrons. The van der Waals surface area contributed by atoms with Crippen molar-refractivity contribution in [2.24, 2.45) is 16.7 Å². The molecule has 2 aliphatic rings. The topological polar surface area (TPSA) is 114 Å². The molecule has 3 heterocycles. The molecule has 2 bridgehead atoms. The van der Waals surface area contributed by atoms with E-state index < -0.39 is 28.6 Å². The molecule has 0 aromatic carbocycles. The highest BCUT2D eigenvalue weighted by molar-refractivity contribution is 7.12. The Balaban J connectivity index is 2.31. The molecule has 6 nitrogen and oxygen atoms in total. The van der Waals surface area contributed by atoms with Crippen LogP contribution in [0.15, 0.2) is 12.1 Å². The zero-order valence-corrected chi connectivity index (χ0v) is 15.1. The molecule has 2 aliphatic heterocycles. The second kappa shape index (κ2) is 5.56. The van der Waals surface area contributed by atoms with Crippen LogP contribution in [-0.2, 0) is 9.47 Å². The van der Waals surface area contributed by atoms with E-state index >= 15 is 0 Å². The first-order valence-electron chi connectivity index (χ1n) is 8.11. The molecule has 0 amide bonds. The van der Waals surface area contributed by atoms with Crippen LogP contribution in [-0.4, -0.2) is 11.7 Å². The van der Waals surface area contributed by atoms with Crippen molar-refractivity contribution in [3.05, 3.63) is 21.9 Å². The van der Waals surface area contributed by atoms with E-state index in [1.165, 1.54) is 11.3 Å². The summed E-state index contributed by atoms with van der Waals surface area (Å²) < 4.78 is 11.9. The Morgan fingerprint density at radius 2 is 1.92 bits per heavy atom. The van der Waals surface area contributed by atoms with Gasteiger partial charge in [-0.1, -0.05) is 13.3 Å².